The molecule has 54 heavy (non-hydrogen) atoms. The molecule has 5 aromatic rings. The molecule has 1 aliphatic heterocycles. The Bertz CT molecular complexity index is 1920. The van der Waals surface area contributed by atoms with Gasteiger partial charge in [-0.15, -0.1) is 0 Å². The molecule has 0 amide bonds. The van der Waals surface area contributed by atoms with Gasteiger partial charge in [0, 0.05) is 15.2 Å². The predicted molar refractivity (Wildman–Crippen MR) is 200 cm³/mol. The molecule has 6 rings (SSSR count). The molecule has 0 bridgehead atoms. The Morgan fingerprint density at radius 3 is 1.52 bits per heavy atom. The molecule has 0 saturated carbocycles. The van der Waals surface area contributed by atoms with Crippen LogP contribution in [-0.2, 0) is 21.8 Å². The van der Waals surface area contributed by atoms with E-state index in [4.69, 9.17) is 9.47 Å². The monoisotopic (exact) mass is 818 g/mol. The van der Waals surface area contributed by atoms with E-state index in [0.717, 1.165) is 36.8 Å². The van der Waals surface area contributed by atoms with E-state index in [9.17, 15) is 38.4 Å². The summed E-state index contributed by atoms with van der Waals surface area (Å²) in [4.78, 5) is 5.31. The van der Waals surface area contributed by atoms with E-state index in [1.807, 2.05) is 30.3 Å². The van der Waals surface area contributed by atoms with Gasteiger partial charge in [-0.25, -0.2) is 0 Å². The Morgan fingerprint density at radius 1 is 0.685 bits per heavy atom. The number of benzene rings is 5. The van der Waals surface area contributed by atoms with Crippen molar-refractivity contribution in [1.82, 2.24) is 0 Å². The van der Waals surface area contributed by atoms with Crippen LogP contribution >= 0.6 is 19.6 Å². The van der Waals surface area contributed by atoms with Crippen molar-refractivity contribution in [2.75, 3.05) is 13.7 Å². The van der Waals surface area contributed by atoms with E-state index in [-0.39, 0.29) is 11.5 Å². The van der Waals surface area contributed by atoms with Crippen molar-refractivity contribution in [2.24, 2.45) is 5.41 Å². The van der Waals surface area contributed by atoms with Gasteiger partial charge < -0.3 is 9.47 Å². The van der Waals surface area contributed by atoms with E-state index in [0.29, 0.717) is 5.92 Å². The van der Waals surface area contributed by atoms with E-state index < -0.39 is 30.4 Å². The van der Waals surface area contributed by atoms with Crippen LogP contribution < -0.4 is 4.74 Å². The molecule has 0 spiro atoms. The first-order valence-electron chi connectivity index (χ1n) is 16.6. The van der Waals surface area contributed by atoms with Gasteiger partial charge in [-0.3, -0.25) is 0 Å². The van der Waals surface area contributed by atoms with Gasteiger partial charge in [-0.05, 0) is 102 Å². The molecule has 1 heterocycles. The fourth-order valence-corrected chi connectivity index (χ4v) is 8.15. The molecule has 2 unspecified atom stereocenters. The van der Waals surface area contributed by atoms with Gasteiger partial charge in [-0.1, -0.05) is 81.9 Å². The first kappa shape index (κ1) is 43.1. The van der Waals surface area contributed by atoms with Crippen molar-refractivity contribution in [1.29, 1.82) is 0 Å². The van der Waals surface area contributed by atoms with Crippen LogP contribution in [0.1, 0.15) is 56.4 Å². The number of alkyl halides is 3. The van der Waals surface area contributed by atoms with Crippen LogP contribution in [0.2, 0.25) is 0 Å². The van der Waals surface area contributed by atoms with Crippen LogP contribution in [0.3, 0.4) is 0 Å². The van der Waals surface area contributed by atoms with Crippen LogP contribution in [0.4, 0.5) is 38.4 Å². The molecule has 0 aliphatic carbocycles. The maximum absolute atomic E-state index is 13.1. The zero-order valence-electron chi connectivity index (χ0n) is 30.0. The molecule has 0 N–H and O–H groups in total. The SMILES string of the molecule is CC(C)c1ccc([S+](c2ccc(Sc3ccccc3)cc2)c2ccc(C(F)(F)F)cc2)cc1.COc1ccc(C2OCC2(C)C)cc1.F[P-](F)(F)(F)(F)F. The Kier molecular flexibility index (Phi) is 12.9. The van der Waals surface area contributed by atoms with E-state index in [1.165, 1.54) is 23.3 Å². The van der Waals surface area contributed by atoms with Crippen LogP contribution in [0.5, 0.6) is 5.75 Å². The third-order valence-electron chi connectivity index (χ3n) is 7.99. The number of halogens is 9. The van der Waals surface area contributed by atoms with Crippen LogP contribution in [0, 0.1) is 5.41 Å². The number of hydrogen-bond acceptors (Lipinski definition) is 3. The molecule has 2 atom stereocenters. The maximum atomic E-state index is 13.1. The van der Waals surface area contributed by atoms with Crippen molar-refractivity contribution in [3.63, 3.8) is 0 Å². The molecular formula is C40H40F9O2PS2. The van der Waals surface area contributed by atoms with Crippen molar-refractivity contribution < 1.29 is 47.8 Å². The summed E-state index contributed by atoms with van der Waals surface area (Å²) in [6.45, 7) is 9.60. The van der Waals surface area contributed by atoms with Gasteiger partial charge in [0.25, 0.3) is 0 Å². The molecule has 14 heteroatoms. The summed E-state index contributed by atoms with van der Waals surface area (Å²) < 4.78 is 109. The van der Waals surface area contributed by atoms with Crippen molar-refractivity contribution in [3.05, 3.63) is 144 Å². The minimum absolute atomic E-state index is 0.244. The van der Waals surface area contributed by atoms with Crippen molar-refractivity contribution in [3.8, 4) is 5.75 Å². The molecule has 1 saturated heterocycles. The third-order valence-corrected chi connectivity index (χ3v) is 11.2. The van der Waals surface area contributed by atoms with Crippen LogP contribution in [-0.4, -0.2) is 13.7 Å². The number of ether oxygens (including phenoxy) is 2. The van der Waals surface area contributed by atoms with Gasteiger partial charge >= 0.3 is 39.2 Å². The van der Waals surface area contributed by atoms with E-state index >= 15 is 0 Å². The Hall–Kier alpha value is -3.64. The van der Waals surface area contributed by atoms with Crippen LogP contribution in [0.15, 0.2) is 152 Å². The van der Waals surface area contributed by atoms with Gasteiger partial charge in [0.15, 0.2) is 14.7 Å². The third kappa shape index (κ3) is 13.9. The normalized spacial score (nSPS) is 17.0. The molecule has 5 aromatic carbocycles. The van der Waals surface area contributed by atoms with Gasteiger partial charge in [0.1, 0.15) is 5.75 Å². The molecule has 0 aromatic heterocycles. The predicted octanol–water partition coefficient (Wildman–Crippen LogP) is 15.3. The summed E-state index contributed by atoms with van der Waals surface area (Å²) in [7, 11) is -9.48. The van der Waals surface area contributed by atoms with Gasteiger partial charge in [0.05, 0.1) is 36.3 Å². The van der Waals surface area contributed by atoms with E-state index in [2.05, 4.69) is 100 Å². The molecule has 1 aliphatic rings. The zero-order valence-corrected chi connectivity index (χ0v) is 32.5. The Labute approximate surface area is 316 Å². The number of rotatable bonds is 8. The van der Waals surface area contributed by atoms with Crippen molar-refractivity contribution in [2.45, 2.75) is 70.4 Å². The number of methoxy groups -OCH3 is 1. The number of hydrogen-bond donors (Lipinski definition) is 0. The van der Waals surface area contributed by atoms with Gasteiger partial charge in [-0.2, -0.15) is 13.2 Å². The molecule has 1 fully saturated rings. The second-order valence-electron chi connectivity index (χ2n) is 13.3. The zero-order chi connectivity index (χ0) is 40.0. The second kappa shape index (κ2) is 16.2. The second-order valence-corrected chi connectivity index (χ2v) is 18.4. The average molecular weight is 819 g/mol. The molecular weight excluding hydrogens is 779 g/mol. The summed E-state index contributed by atoms with van der Waals surface area (Å²) in [5, 5.41) is 0. The van der Waals surface area contributed by atoms with E-state index in [1.54, 1.807) is 31.0 Å². The summed E-state index contributed by atoms with van der Waals surface area (Å²) in [5.74, 6) is 1.31. The fraction of sp³-hybridized carbons (Fsp3) is 0.250. The summed E-state index contributed by atoms with van der Waals surface area (Å²) in [6.07, 6.45) is -4.10. The summed E-state index contributed by atoms with van der Waals surface area (Å²) in [5.41, 5.74) is 2.13. The topological polar surface area (TPSA) is 18.5 Å². The Morgan fingerprint density at radius 2 is 1.13 bits per heavy atom. The summed E-state index contributed by atoms with van der Waals surface area (Å²) >= 11 is 1.69. The first-order chi connectivity index (χ1) is 24.9. The molecule has 0 radical (unpaired) electrons. The van der Waals surface area contributed by atoms with Crippen LogP contribution in [0.25, 0.3) is 0 Å². The summed E-state index contributed by atoms with van der Waals surface area (Å²) in [6, 6.07) is 40.6. The Balaban J connectivity index is 0.000000253. The van der Waals surface area contributed by atoms with Crippen molar-refractivity contribution >= 4 is 30.5 Å². The molecule has 292 valence electrons. The first-order valence-corrected chi connectivity index (χ1v) is 20.6. The quantitative estimate of drug-likeness (QED) is 0.0883. The standard InChI is InChI=1S/C28H24F3S2.C12H16O2.F6P/c1-20(2)21-8-14-25(15-9-21)33(26-16-10-22(11-17-26)28(29,30)31)27-18-12-24(13-19-27)32-23-6-4-3-5-7-23;1-12(2)8-14-11(12)9-4-6-10(13-3)7-5-9;1-7(2,3,4,5)6/h3-20H,1-2H3;4-7,11H,8H2,1-3H3;/q+1;;-1. The minimum atomic E-state index is -10.7. The average Bonchev–Trinajstić information content (AvgIpc) is 3.08. The fourth-order valence-electron chi connectivity index (χ4n) is 5.27. The molecule has 2 nitrogen and oxygen atoms in total. The van der Waals surface area contributed by atoms with Gasteiger partial charge in [0.2, 0.25) is 0 Å².